The molecule has 0 aliphatic carbocycles. The molecule has 1 aromatic rings. The largest absolute Gasteiger partial charge is 0.478 e. The third kappa shape index (κ3) is 4.50. The number of nitrogens with zero attached hydrogens (tertiary/aromatic N) is 1. The van der Waals surface area contributed by atoms with E-state index in [9.17, 15) is 13.2 Å². The van der Waals surface area contributed by atoms with E-state index in [2.05, 4.69) is 20.7 Å². The van der Waals surface area contributed by atoms with Gasteiger partial charge in [0.15, 0.2) is 0 Å². The van der Waals surface area contributed by atoms with Crippen molar-refractivity contribution in [2.24, 2.45) is 0 Å². The maximum absolute atomic E-state index is 12.4. The summed E-state index contributed by atoms with van der Waals surface area (Å²) < 4.78 is 27.6. The molecule has 1 unspecified atom stereocenters. The molecule has 0 fully saturated rings. The fraction of sp³-hybridized carbons (Fsp3) is 0.462. The number of likely N-dealkylation sites (N-methyl/N-ethyl adjacent to an activating group) is 1. The summed E-state index contributed by atoms with van der Waals surface area (Å²) in [5.74, 6) is -1.16. The second-order valence-corrected chi connectivity index (χ2v) is 7.60. The van der Waals surface area contributed by atoms with Crippen LogP contribution in [-0.4, -0.2) is 51.1 Å². The fourth-order valence-corrected chi connectivity index (χ4v) is 3.71. The summed E-state index contributed by atoms with van der Waals surface area (Å²) in [6.45, 7) is 3.77. The fourth-order valence-electron chi connectivity index (χ4n) is 1.55. The summed E-state index contributed by atoms with van der Waals surface area (Å²) >= 11 is 3.21. The van der Waals surface area contributed by atoms with Crippen LogP contribution in [0.3, 0.4) is 0 Å². The lowest BCUT2D eigenvalue weighted by atomic mass is 10.1. The Hall–Kier alpha value is -0.960. The molecule has 0 radical (unpaired) electrons. The highest BCUT2D eigenvalue weighted by molar-refractivity contribution is 9.10. The molecular weight excluding hydrogens is 360 g/mol. The SMILES string of the molecule is Cc1cc(C(=O)O)cc(S(=O)(=O)NCC(C)N(C)C)c1Br. The topological polar surface area (TPSA) is 86.7 Å². The molecule has 8 heteroatoms. The summed E-state index contributed by atoms with van der Waals surface area (Å²) in [7, 11) is -0.0824. The molecule has 1 rings (SSSR count). The first-order chi connectivity index (χ1) is 9.56. The molecule has 0 spiro atoms. The predicted molar refractivity (Wildman–Crippen MR) is 84.2 cm³/mol. The average molecular weight is 379 g/mol. The molecule has 0 aromatic heterocycles. The van der Waals surface area contributed by atoms with Gasteiger partial charge < -0.3 is 10.0 Å². The Morgan fingerprint density at radius 2 is 2.00 bits per heavy atom. The Kier molecular flexibility index (Phi) is 5.92. The zero-order valence-electron chi connectivity index (χ0n) is 12.3. The summed E-state index contributed by atoms with van der Waals surface area (Å²) in [6, 6.07) is 2.60. The Labute approximate surface area is 133 Å². The van der Waals surface area contributed by atoms with Gasteiger partial charge in [0.25, 0.3) is 0 Å². The molecular formula is C13H19BrN2O4S. The Morgan fingerprint density at radius 1 is 1.43 bits per heavy atom. The van der Waals surface area contributed by atoms with Crippen LogP contribution < -0.4 is 4.72 Å². The Bertz CT molecular complexity index is 644. The molecule has 0 saturated carbocycles. The van der Waals surface area contributed by atoms with Crippen LogP contribution in [0.4, 0.5) is 0 Å². The molecule has 0 saturated heterocycles. The van der Waals surface area contributed by atoms with E-state index in [1.54, 1.807) is 6.92 Å². The zero-order valence-corrected chi connectivity index (χ0v) is 14.7. The van der Waals surface area contributed by atoms with Crippen molar-refractivity contribution in [1.82, 2.24) is 9.62 Å². The normalized spacial score (nSPS) is 13.4. The highest BCUT2D eigenvalue weighted by Crippen LogP contribution is 2.27. The van der Waals surface area contributed by atoms with Crippen LogP contribution in [0.25, 0.3) is 0 Å². The highest BCUT2D eigenvalue weighted by Gasteiger charge is 2.22. The van der Waals surface area contributed by atoms with Crippen LogP contribution >= 0.6 is 15.9 Å². The number of aryl methyl sites for hydroxylation is 1. The molecule has 2 N–H and O–H groups in total. The van der Waals surface area contributed by atoms with E-state index in [1.165, 1.54) is 6.07 Å². The van der Waals surface area contributed by atoms with Gasteiger partial charge in [0, 0.05) is 17.1 Å². The first-order valence-electron chi connectivity index (χ1n) is 6.25. The predicted octanol–water partition coefficient (Wildman–Crippen LogP) is 1.68. The Morgan fingerprint density at radius 3 is 2.48 bits per heavy atom. The quantitative estimate of drug-likeness (QED) is 0.786. The molecule has 1 aromatic carbocycles. The van der Waals surface area contributed by atoms with Crippen LogP contribution in [-0.2, 0) is 10.0 Å². The minimum atomic E-state index is -3.78. The second kappa shape index (κ2) is 6.87. The number of carbonyl (C=O) groups is 1. The maximum Gasteiger partial charge on any atom is 0.335 e. The van der Waals surface area contributed by atoms with Gasteiger partial charge in [-0.2, -0.15) is 0 Å². The maximum atomic E-state index is 12.4. The van der Waals surface area contributed by atoms with Gasteiger partial charge in [-0.25, -0.2) is 17.9 Å². The van der Waals surface area contributed by atoms with Crippen molar-refractivity contribution in [3.05, 3.63) is 27.7 Å². The Balaban J connectivity index is 3.16. The van der Waals surface area contributed by atoms with Crippen LogP contribution in [0.2, 0.25) is 0 Å². The van der Waals surface area contributed by atoms with Crippen LogP contribution in [0.5, 0.6) is 0 Å². The number of halogens is 1. The summed E-state index contributed by atoms with van der Waals surface area (Å²) in [4.78, 5) is 12.9. The van der Waals surface area contributed by atoms with E-state index < -0.39 is 16.0 Å². The lowest BCUT2D eigenvalue weighted by Crippen LogP contribution is -2.38. The first kappa shape index (κ1) is 18.1. The zero-order chi connectivity index (χ0) is 16.4. The van der Waals surface area contributed by atoms with Crippen molar-refractivity contribution in [3.63, 3.8) is 0 Å². The van der Waals surface area contributed by atoms with Crippen molar-refractivity contribution < 1.29 is 18.3 Å². The molecule has 21 heavy (non-hydrogen) atoms. The number of hydrogen-bond acceptors (Lipinski definition) is 4. The molecule has 6 nitrogen and oxygen atoms in total. The molecule has 1 atom stereocenters. The molecule has 118 valence electrons. The van der Waals surface area contributed by atoms with Crippen LogP contribution in [0.1, 0.15) is 22.8 Å². The standard InChI is InChI=1S/C13H19BrN2O4S/c1-8-5-10(13(17)18)6-11(12(8)14)21(19,20)15-7-9(2)16(3)4/h5-6,9,15H,7H2,1-4H3,(H,17,18). The van der Waals surface area contributed by atoms with E-state index in [-0.39, 0.29) is 23.0 Å². The minimum Gasteiger partial charge on any atom is -0.478 e. The van der Waals surface area contributed by atoms with Gasteiger partial charge in [0.1, 0.15) is 0 Å². The van der Waals surface area contributed by atoms with Crippen molar-refractivity contribution >= 4 is 31.9 Å². The van der Waals surface area contributed by atoms with E-state index in [1.807, 2.05) is 25.9 Å². The summed E-state index contributed by atoms with van der Waals surface area (Å²) in [5.41, 5.74) is 0.493. The van der Waals surface area contributed by atoms with Crippen molar-refractivity contribution in [2.45, 2.75) is 24.8 Å². The van der Waals surface area contributed by atoms with Gasteiger partial charge in [-0.15, -0.1) is 0 Å². The average Bonchev–Trinajstić information content (AvgIpc) is 2.38. The molecule has 0 aliphatic heterocycles. The number of benzene rings is 1. The lowest BCUT2D eigenvalue weighted by Gasteiger charge is -2.20. The van der Waals surface area contributed by atoms with E-state index >= 15 is 0 Å². The van der Waals surface area contributed by atoms with Crippen molar-refractivity contribution in [3.8, 4) is 0 Å². The van der Waals surface area contributed by atoms with Crippen LogP contribution in [0, 0.1) is 6.92 Å². The summed E-state index contributed by atoms with van der Waals surface area (Å²) in [5, 5.41) is 9.04. The number of rotatable bonds is 6. The molecule has 0 heterocycles. The van der Waals surface area contributed by atoms with Gasteiger partial charge in [-0.1, -0.05) is 0 Å². The van der Waals surface area contributed by atoms with E-state index in [4.69, 9.17) is 5.11 Å². The number of hydrogen-bond donors (Lipinski definition) is 2. The monoisotopic (exact) mass is 378 g/mol. The molecule has 0 bridgehead atoms. The third-order valence-corrected chi connectivity index (χ3v) is 5.97. The number of sulfonamides is 1. The smallest absolute Gasteiger partial charge is 0.335 e. The van der Waals surface area contributed by atoms with Crippen molar-refractivity contribution in [2.75, 3.05) is 20.6 Å². The number of nitrogens with one attached hydrogen (secondary N) is 1. The number of carboxylic acids is 1. The van der Waals surface area contributed by atoms with E-state index in [0.29, 0.717) is 10.0 Å². The van der Waals surface area contributed by atoms with Crippen LogP contribution in [0.15, 0.2) is 21.5 Å². The van der Waals surface area contributed by atoms with E-state index in [0.717, 1.165) is 6.07 Å². The van der Waals surface area contributed by atoms with Gasteiger partial charge in [-0.3, -0.25) is 0 Å². The highest BCUT2D eigenvalue weighted by atomic mass is 79.9. The van der Waals surface area contributed by atoms with Crippen molar-refractivity contribution in [1.29, 1.82) is 0 Å². The van der Waals surface area contributed by atoms with Gasteiger partial charge in [-0.05, 0) is 61.6 Å². The summed E-state index contributed by atoms with van der Waals surface area (Å²) in [6.07, 6.45) is 0. The minimum absolute atomic E-state index is 0.0160. The van der Waals surface area contributed by atoms with Gasteiger partial charge in [0.05, 0.1) is 10.5 Å². The lowest BCUT2D eigenvalue weighted by molar-refractivity contribution is 0.0696. The number of carboxylic acid groups (broad SMARTS) is 1. The van der Waals surface area contributed by atoms with Gasteiger partial charge in [0.2, 0.25) is 10.0 Å². The third-order valence-electron chi connectivity index (χ3n) is 3.21. The van der Waals surface area contributed by atoms with Gasteiger partial charge >= 0.3 is 5.97 Å². The molecule has 0 aliphatic rings. The second-order valence-electron chi connectivity index (χ2n) is 5.07. The first-order valence-corrected chi connectivity index (χ1v) is 8.53. The number of aromatic carboxylic acids is 1. The molecule has 0 amide bonds.